The number of benzene rings is 6. The molecule has 0 bridgehead atoms. The van der Waals surface area contributed by atoms with Crippen molar-refractivity contribution < 1.29 is 92.2 Å². The van der Waals surface area contributed by atoms with Gasteiger partial charge in [-0.05, 0) is 157 Å². The molecule has 6 rings (SSSR count). The third-order valence-electron chi connectivity index (χ3n) is 12.5. The molecule has 0 amide bonds. The van der Waals surface area contributed by atoms with E-state index in [1.165, 1.54) is 115 Å². The number of nitrogen functional groups attached to an aromatic ring is 2. The van der Waals surface area contributed by atoms with E-state index >= 15 is 0 Å². The quantitative estimate of drug-likeness (QED) is 0.00764. The standard InChI is InChI=1S/C59H52F10N2O10/c60-55(61,58(64,65)66)31-1-33-78-47-26-13-42(14-27-47)52(74)80-49-22-8-38(9-23-49)7-21-46(72)37-54(35-40-3-17-44(70)18-4-40,36-41-5-19-45(71)20-6-41)57(76,77)51(73)30-12-39-10-24-50(25-11-39)81-53(75)43-15-28-48(29-16-43)79-34-2-32-56(62,63)59(67,68)69/h3-30,76-77H,1-2,31-37,70-71H2. The monoisotopic (exact) mass is 1140 g/mol. The summed E-state index contributed by atoms with van der Waals surface area (Å²) in [4.78, 5) is 54.0. The fraction of sp³-hybridized carbons (Fsp3) is 0.254. The van der Waals surface area contributed by atoms with Crippen LogP contribution in [0, 0.1) is 5.41 Å². The molecule has 12 nitrogen and oxygen atoms in total. The van der Waals surface area contributed by atoms with Crippen molar-refractivity contribution in [3.05, 3.63) is 191 Å². The summed E-state index contributed by atoms with van der Waals surface area (Å²) >= 11 is 0. The first-order valence-corrected chi connectivity index (χ1v) is 24.6. The van der Waals surface area contributed by atoms with E-state index in [1.807, 2.05) is 0 Å². The van der Waals surface area contributed by atoms with E-state index in [4.69, 9.17) is 30.4 Å². The Morgan fingerprint density at radius 2 is 0.802 bits per heavy atom. The van der Waals surface area contributed by atoms with E-state index in [1.54, 1.807) is 48.5 Å². The summed E-state index contributed by atoms with van der Waals surface area (Å²) in [6.07, 6.45) is -11.7. The van der Waals surface area contributed by atoms with Gasteiger partial charge < -0.3 is 40.6 Å². The molecule has 0 spiro atoms. The third-order valence-corrected chi connectivity index (χ3v) is 12.5. The predicted molar refractivity (Wildman–Crippen MR) is 279 cm³/mol. The van der Waals surface area contributed by atoms with Crippen LogP contribution >= 0.6 is 0 Å². The Bertz CT molecular complexity index is 3100. The third kappa shape index (κ3) is 17.2. The fourth-order valence-corrected chi connectivity index (χ4v) is 7.99. The highest BCUT2D eigenvalue weighted by Crippen LogP contribution is 2.44. The van der Waals surface area contributed by atoms with Crippen LogP contribution in [0.4, 0.5) is 55.3 Å². The maximum absolute atomic E-state index is 14.2. The number of rotatable bonds is 26. The first kappa shape index (κ1) is 61.7. The number of esters is 2. The number of carbonyl (C=O) groups is 4. The molecule has 0 aliphatic heterocycles. The second-order valence-corrected chi connectivity index (χ2v) is 18.7. The smallest absolute Gasteiger partial charge is 0.453 e. The molecule has 6 aromatic carbocycles. The van der Waals surface area contributed by atoms with Gasteiger partial charge in [-0.2, -0.15) is 43.9 Å². The highest BCUT2D eigenvalue weighted by atomic mass is 19.4. The summed E-state index contributed by atoms with van der Waals surface area (Å²) in [6.45, 7) is -0.873. The number of allylic oxidation sites excluding steroid dienone is 1. The van der Waals surface area contributed by atoms with Crippen LogP contribution in [0.1, 0.15) is 75.1 Å². The highest BCUT2D eigenvalue weighted by Gasteiger charge is 2.58. The largest absolute Gasteiger partial charge is 0.494 e. The van der Waals surface area contributed by atoms with E-state index in [2.05, 4.69) is 0 Å². The van der Waals surface area contributed by atoms with Crippen LogP contribution in [-0.4, -0.2) is 76.9 Å². The molecular formula is C59H52F10N2O10. The molecule has 0 aliphatic carbocycles. The van der Waals surface area contributed by atoms with Gasteiger partial charge in [0.15, 0.2) is 5.78 Å². The van der Waals surface area contributed by atoms with Crippen molar-refractivity contribution in [2.45, 2.75) is 74.9 Å². The second kappa shape index (κ2) is 26.2. The minimum Gasteiger partial charge on any atom is -0.494 e. The number of halogens is 10. The maximum atomic E-state index is 14.2. The van der Waals surface area contributed by atoms with Gasteiger partial charge in [-0.15, -0.1) is 0 Å². The Morgan fingerprint density at radius 3 is 1.16 bits per heavy atom. The molecule has 22 heteroatoms. The van der Waals surface area contributed by atoms with Gasteiger partial charge >= 0.3 is 36.1 Å². The van der Waals surface area contributed by atoms with Gasteiger partial charge in [-0.3, -0.25) is 9.59 Å². The van der Waals surface area contributed by atoms with Gasteiger partial charge in [-0.1, -0.05) is 60.7 Å². The molecule has 0 saturated carbocycles. The number of anilines is 2. The number of nitrogens with two attached hydrogens (primary N) is 2. The molecule has 6 aromatic rings. The minimum absolute atomic E-state index is 0.0398. The van der Waals surface area contributed by atoms with Crippen LogP contribution in [0.5, 0.6) is 23.0 Å². The van der Waals surface area contributed by atoms with E-state index in [-0.39, 0.29) is 47.0 Å². The van der Waals surface area contributed by atoms with Crippen molar-refractivity contribution in [3.63, 3.8) is 0 Å². The lowest BCUT2D eigenvalue weighted by molar-refractivity contribution is -0.284. The van der Waals surface area contributed by atoms with Gasteiger partial charge in [-0.25, -0.2) is 9.59 Å². The average Bonchev–Trinajstić information content (AvgIpc) is 3.61. The topological polar surface area (TPSA) is 198 Å². The number of carbonyl (C=O) groups excluding carboxylic acids is 4. The molecule has 0 heterocycles. The maximum Gasteiger partial charge on any atom is 0.453 e. The molecule has 0 fully saturated rings. The molecule has 0 saturated heterocycles. The van der Waals surface area contributed by atoms with Crippen LogP contribution < -0.4 is 30.4 Å². The number of ketones is 2. The second-order valence-electron chi connectivity index (χ2n) is 18.7. The molecule has 0 aliphatic rings. The SMILES string of the molecule is Nc1ccc(CC(CC(=O)C=Cc2ccc(OC(=O)c3ccc(OCCCC(F)(F)C(F)(F)F)cc3)cc2)(Cc2ccc(N)cc2)C(O)(O)C(=O)C=Cc2ccc(OC(=O)c3ccc(OCCCC(F)(F)C(F)(F)F)cc3)cc2)cc1. The average molecular weight is 1140 g/mol. The summed E-state index contributed by atoms with van der Waals surface area (Å²) in [6, 6.07) is 34.8. The summed E-state index contributed by atoms with van der Waals surface area (Å²) in [7, 11) is 0. The number of hydrogen-bond acceptors (Lipinski definition) is 12. The van der Waals surface area contributed by atoms with Gasteiger partial charge in [0.2, 0.25) is 11.6 Å². The van der Waals surface area contributed by atoms with Crippen LogP contribution in [0.3, 0.4) is 0 Å². The predicted octanol–water partition coefficient (Wildman–Crippen LogP) is 12.4. The van der Waals surface area contributed by atoms with Gasteiger partial charge in [0.1, 0.15) is 23.0 Å². The summed E-state index contributed by atoms with van der Waals surface area (Å²) < 4.78 is 149. The molecule has 0 atom stereocenters. The van der Waals surface area contributed by atoms with Crippen molar-refractivity contribution in [2.75, 3.05) is 24.7 Å². The Hall–Kier alpha value is -8.50. The van der Waals surface area contributed by atoms with Crippen molar-refractivity contribution >= 4 is 47.0 Å². The van der Waals surface area contributed by atoms with Crippen molar-refractivity contribution in [3.8, 4) is 23.0 Å². The minimum atomic E-state index is -5.68. The number of alkyl halides is 10. The number of hydrogen-bond donors (Lipinski definition) is 4. The lowest BCUT2D eigenvalue weighted by Gasteiger charge is -2.42. The Kier molecular flexibility index (Phi) is 19.9. The Balaban J connectivity index is 1.12. The van der Waals surface area contributed by atoms with Gasteiger partial charge in [0, 0.05) is 36.1 Å². The molecule has 0 radical (unpaired) electrons. The Labute approximate surface area is 457 Å². The zero-order valence-electron chi connectivity index (χ0n) is 42.6. The van der Waals surface area contributed by atoms with Gasteiger partial charge in [0.05, 0.1) is 24.3 Å². The lowest BCUT2D eigenvalue weighted by Crippen LogP contribution is -2.57. The van der Waals surface area contributed by atoms with Crippen molar-refractivity contribution in [2.24, 2.45) is 5.41 Å². The van der Waals surface area contributed by atoms with Crippen molar-refractivity contribution in [1.82, 2.24) is 0 Å². The van der Waals surface area contributed by atoms with Crippen LogP contribution in [0.25, 0.3) is 12.2 Å². The summed E-state index contributed by atoms with van der Waals surface area (Å²) in [5, 5.41) is 24.4. The van der Waals surface area contributed by atoms with Crippen LogP contribution in [0.2, 0.25) is 0 Å². The van der Waals surface area contributed by atoms with E-state index < -0.39 is 104 Å². The Morgan fingerprint density at radius 1 is 0.457 bits per heavy atom. The van der Waals surface area contributed by atoms with E-state index in [0.717, 1.165) is 6.08 Å². The first-order valence-electron chi connectivity index (χ1n) is 24.6. The van der Waals surface area contributed by atoms with Crippen molar-refractivity contribution in [1.29, 1.82) is 0 Å². The highest BCUT2D eigenvalue weighted by molar-refractivity contribution is 6.01. The summed E-state index contributed by atoms with van der Waals surface area (Å²) in [5.74, 6) is -16.0. The molecule has 0 aromatic heterocycles. The summed E-state index contributed by atoms with van der Waals surface area (Å²) in [5.41, 5.74) is 12.6. The molecular weight excluding hydrogens is 1090 g/mol. The number of ether oxygens (including phenoxy) is 4. The van der Waals surface area contributed by atoms with Crippen LogP contribution in [0.15, 0.2) is 158 Å². The number of aliphatic hydroxyl groups is 2. The van der Waals surface area contributed by atoms with Gasteiger partial charge in [0.25, 0.3) is 0 Å². The van der Waals surface area contributed by atoms with E-state index in [9.17, 15) is 73.3 Å². The molecule has 81 heavy (non-hydrogen) atoms. The van der Waals surface area contributed by atoms with E-state index in [0.29, 0.717) is 33.6 Å². The molecule has 428 valence electrons. The first-order chi connectivity index (χ1) is 38.0. The zero-order chi connectivity index (χ0) is 59.2. The fourth-order valence-electron chi connectivity index (χ4n) is 7.99. The lowest BCUT2D eigenvalue weighted by atomic mass is 9.65. The normalized spacial score (nSPS) is 12.6. The van der Waals surface area contributed by atoms with Crippen LogP contribution in [-0.2, 0) is 22.4 Å². The zero-order valence-corrected chi connectivity index (χ0v) is 42.6. The molecule has 6 N–H and O–H groups in total. The molecule has 0 unspecified atom stereocenters.